The molecule has 0 fully saturated rings. The fourth-order valence-electron chi connectivity index (χ4n) is 0.654. The third kappa shape index (κ3) is 6.02. The van der Waals surface area contributed by atoms with Gasteiger partial charge in [-0.25, -0.2) is 0 Å². The van der Waals surface area contributed by atoms with E-state index in [9.17, 15) is 15.0 Å². The molecule has 0 aliphatic rings. The van der Waals surface area contributed by atoms with Crippen LogP contribution in [0.2, 0.25) is 0 Å². The van der Waals surface area contributed by atoms with E-state index in [-0.39, 0.29) is 22.5 Å². The molecule has 0 amide bonds. The average molecular weight is 268 g/mol. The third-order valence-corrected chi connectivity index (χ3v) is 1.48. The Hall–Kier alpha value is -0.251. The fraction of sp³-hybridized carbons (Fsp3) is 0.833. The molecule has 15 heavy (non-hydrogen) atoms. The van der Waals surface area contributed by atoms with Gasteiger partial charge in [0.2, 0.25) is 0 Å². The quantitative estimate of drug-likeness (QED) is 0.358. The van der Waals surface area contributed by atoms with Crippen molar-refractivity contribution in [2.24, 2.45) is 0 Å². The van der Waals surface area contributed by atoms with Crippen molar-refractivity contribution in [2.45, 2.75) is 24.4 Å². The van der Waals surface area contributed by atoms with Crippen LogP contribution in [-0.4, -0.2) is 62.9 Å². The monoisotopic (exact) mass is 268 g/mol. The number of hydrogen-bond acceptors (Lipinski definition) is 7. The molecule has 4 atom stereocenters. The third-order valence-electron chi connectivity index (χ3n) is 1.48. The topological polar surface area (TPSA) is 176 Å². The van der Waals surface area contributed by atoms with E-state index >= 15 is 0 Å². The van der Waals surface area contributed by atoms with Crippen molar-refractivity contribution < 1.29 is 58.0 Å². The summed E-state index contributed by atoms with van der Waals surface area (Å²) in [6.45, 7) is -0.974. The number of carboxylic acid groups (broad SMARTS) is 1. The fourth-order valence-corrected chi connectivity index (χ4v) is 0.654. The van der Waals surface area contributed by atoms with Crippen molar-refractivity contribution >= 4 is 5.97 Å². The Balaban J connectivity index is -0.000000720. The normalized spacial score (nSPS) is 17.7. The van der Waals surface area contributed by atoms with Gasteiger partial charge in [0.05, 0.1) is 12.1 Å². The molecule has 9 heteroatoms. The van der Waals surface area contributed by atoms with Crippen molar-refractivity contribution in [1.82, 2.24) is 0 Å². The summed E-state index contributed by atoms with van der Waals surface area (Å²) in [5, 5.41) is 55.1. The summed E-state index contributed by atoms with van der Waals surface area (Å²) >= 11 is 0. The van der Waals surface area contributed by atoms with E-state index in [0.717, 1.165) is 0 Å². The maximum atomic E-state index is 10.6. The molecule has 6 N–H and O–H groups in total. The van der Waals surface area contributed by atoms with Gasteiger partial charge in [0.1, 0.15) is 12.2 Å². The smallest absolute Gasteiger partial charge is 0.848 e. The molecule has 0 aliphatic heterocycles. The molecule has 0 aromatic carbocycles. The van der Waals surface area contributed by atoms with Crippen LogP contribution in [0.15, 0.2) is 0 Å². The van der Waals surface area contributed by atoms with Crippen molar-refractivity contribution in [1.29, 1.82) is 0 Å². The molecule has 0 saturated carbocycles. The largest absolute Gasteiger partial charge is 2.00 e. The van der Waals surface area contributed by atoms with Crippen LogP contribution in [-0.2, 0) is 21.9 Å². The number of aliphatic hydroxyl groups is 4. The molecule has 92 valence electrons. The predicted octanol–water partition coefficient (Wildman–Crippen LogP) is -6.29. The number of carboxylic acids is 1. The predicted molar refractivity (Wildman–Crippen MR) is 37.5 cm³/mol. The minimum absolute atomic E-state index is 0. The molecule has 0 aliphatic carbocycles. The molecular formula is C6H12FeO8. The van der Waals surface area contributed by atoms with E-state index in [1.807, 2.05) is 0 Å². The molecule has 8 nitrogen and oxygen atoms in total. The number of aliphatic carboxylic acids is 1. The molecule has 0 bridgehead atoms. The van der Waals surface area contributed by atoms with E-state index in [0.29, 0.717) is 0 Å². The molecular weight excluding hydrogens is 256 g/mol. The summed E-state index contributed by atoms with van der Waals surface area (Å²) in [6.07, 6.45) is -8.54. The van der Waals surface area contributed by atoms with Crippen molar-refractivity contribution in [2.75, 3.05) is 6.61 Å². The summed E-state index contributed by atoms with van der Waals surface area (Å²) in [5.41, 5.74) is 0. The van der Waals surface area contributed by atoms with Crippen molar-refractivity contribution in [3.63, 3.8) is 0 Å². The van der Waals surface area contributed by atoms with Gasteiger partial charge in [-0.3, -0.25) is 0 Å². The zero-order valence-electron chi connectivity index (χ0n) is 7.38. The van der Waals surface area contributed by atoms with Crippen LogP contribution in [0.1, 0.15) is 0 Å². The molecule has 0 aromatic heterocycles. The van der Waals surface area contributed by atoms with E-state index in [1.54, 1.807) is 0 Å². The van der Waals surface area contributed by atoms with Crippen molar-refractivity contribution in [3.05, 3.63) is 0 Å². The zero-order valence-corrected chi connectivity index (χ0v) is 8.49. The van der Waals surface area contributed by atoms with Crippen LogP contribution in [0.25, 0.3) is 0 Å². The first kappa shape index (κ1) is 20.2. The number of aliphatic hydroxyl groups excluding tert-OH is 4. The van der Waals surface area contributed by atoms with Gasteiger partial charge in [-0.2, -0.15) is 0 Å². The second-order valence-electron chi connectivity index (χ2n) is 2.47. The maximum Gasteiger partial charge on any atom is 2.00 e. The summed E-state index contributed by atoms with van der Waals surface area (Å²) in [7, 11) is 0. The van der Waals surface area contributed by atoms with E-state index in [2.05, 4.69) is 0 Å². The molecule has 0 spiro atoms. The minimum Gasteiger partial charge on any atom is -0.848 e. The number of carbonyl (C=O) groups is 1. The van der Waals surface area contributed by atoms with Gasteiger partial charge in [0.25, 0.3) is 0 Å². The number of carbonyl (C=O) groups excluding carboxylic acids is 1. The van der Waals surface area contributed by atoms with Crippen LogP contribution < -0.4 is 10.2 Å². The average Bonchev–Trinajstić information content (AvgIpc) is 2.12. The van der Waals surface area contributed by atoms with Gasteiger partial charge < -0.3 is 40.9 Å². The van der Waals surface area contributed by atoms with E-state index in [1.165, 1.54) is 0 Å². The molecule has 0 heterocycles. The summed E-state index contributed by atoms with van der Waals surface area (Å²) in [4.78, 5) is 9.96. The summed E-state index contributed by atoms with van der Waals surface area (Å²) < 4.78 is 0. The second-order valence-corrected chi connectivity index (χ2v) is 2.47. The Kier molecular flexibility index (Phi) is 12.1. The first-order valence-corrected chi connectivity index (χ1v) is 3.43. The maximum absolute atomic E-state index is 10.6. The molecule has 0 aromatic rings. The van der Waals surface area contributed by atoms with Gasteiger partial charge >= 0.3 is 17.1 Å². The molecule has 0 unspecified atom stereocenters. The minimum atomic E-state index is -2.35. The van der Waals surface area contributed by atoms with Gasteiger partial charge in [-0.05, 0) is 0 Å². The Morgan fingerprint density at radius 1 is 1.20 bits per heavy atom. The van der Waals surface area contributed by atoms with Crippen LogP contribution >= 0.6 is 0 Å². The summed E-state index contributed by atoms with van der Waals surface area (Å²) in [6, 6.07) is 0. The van der Waals surface area contributed by atoms with Crippen LogP contribution in [0.4, 0.5) is 0 Å². The van der Waals surface area contributed by atoms with Crippen LogP contribution in [0.3, 0.4) is 0 Å². The number of rotatable bonds is 5. The van der Waals surface area contributed by atoms with E-state index in [4.69, 9.17) is 20.4 Å². The van der Waals surface area contributed by atoms with Gasteiger partial charge in [-0.1, -0.05) is 6.10 Å². The molecule has 0 rings (SSSR count). The first-order chi connectivity index (χ1) is 5.91. The Labute approximate surface area is 95.6 Å². The Morgan fingerprint density at radius 3 is 1.87 bits per heavy atom. The Morgan fingerprint density at radius 2 is 1.60 bits per heavy atom. The van der Waals surface area contributed by atoms with Crippen molar-refractivity contribution in [3.8, 4) is 0 Å². The van der Waals surface area contributed by atoms with Gasteiger partial charge in [0, 0.05) is 6.61 Å². The van der Waals surface area contributed by atoms with Gasteiger partial charge in [0.15, 0.2) is 0 Å². The van der Waals surface area contributed by atoms with Crippen LogP contribution in [0.5, 0.6) is 0 Å². The van der Waals surface area contributed by atoms with Gasteiger partial charge in [-0.15, -0.1) is 0 Å². The molecule has 0 saturated heterocycles. The standard InChI is InChI=1S/C6H11O7.Fe.H2O/c7-1-2(8)3(9)4(10)5(11)6(12)13;;/h2-5,7,9-11H,1H2,(H,12,13);;1H2/q-1;+2;/p-1/t2-,3-,4+,5-;;/m1../s1. The van der Waals surface area contributed by atoms with Crippen LogP contribution in [0, 0.1) is 0 Å². The SMILES string of the molecule is O.O=C([O-])[C@H](O)[C@@H](O)[C@H](O)[C@H]([O-])CO.[Fe+2]. The van der Waals surface area contributed by atoms with E-state index < -0.39 is 37.0 Å². The summed E-state index contributed by atoms with van der Waals surface area (Å²) in [5.74, 6) is -2.00. The number of hydrogen-bond donors (Lipinski definition) is 4. The zero-order chi connectivity index (χ0) is 10.6. The Bertz CT molecular complexity index is 177. The molecule has 0 radical (unpaired) electrons. The second kappa shape index (κ2) is 9.01. The first-order valence-electron chi connectivity index (χ1n) is 3.43.